The molecule has 0 aliphatic rings. The van der Waals surface area contributed by atoms with Crippen LogP contribution in [0.25, 0.3) is 10.9 Å². The van der Waals surface area contributed by atoms with Gasteiger partial charge in [-0.1, -0.05) is 17.7 Å². The molecule has 1 heterocycles. The molecule has 0 atom stereocenters. The Balaban J connectivity index is 2.59. The molecule has 0 saturated heterocycles. The molecule has 2 aromatic rings. The summed E-state index contributed by atoms with van der Waals surface area (Å²) in [4.78, 5) is 3.96. The molecular formula is C14H12ClF2NO. The van der Waals surface area contributed by atoms with Gasteiger partial charge in [0.05, 0.1) is 17.6 Å². The van der Waals surface area contributed by atoms with Crippen LogP contribution in [0.4, 0.5) is 8.78 Å². The molecule has 2 rings (SSSR count). The number of benzene rings is 1. The van der Waals surface area contributed by atoms with Crippen LogP contribution in [-0.4, -0.2) is 12.1 Å². The van der Waals surface area contributed by atoms with E-state index in [2.05, 4.69) is 11.6 Å². The van der Waals surface area contributed by atoms with Crippen LogP contribution >= 0.6 is 11.6 Å². The van der Waals surface area contributed by atoms with Crippen molar-refractivity contribution in [2.75, 3.05) is 7.11 Å². The van der Waals surface area contributed by atoms with Gasteiger partial charge in [0.1, 0.15) is 11.4 Å². The van der Waals surface area contributed by atoms with Gasteiger partial charge in [0.15, 0.2) is 0 Å². The molecule has 1 aromatic carbocycles. The summed E-state index contributed by atoms with van der Waals surface area (Å²) in [5.41, 5.74) is 0.0238. The van der Waals surface area contributed by atoms with E-state index < -0.39 is 18.0 Å². The van der Waals surface area contributed by atoms with Gasteiger partial charge in [0, 0.05) is 11.8 Å². The summed E-state index contributed by atoms with van der Waals surface area (Å²) in [5, 5.41) is 0.593. The minimum atomic E-state index is -3.12. The number of halogens is 3. The van der Waals surface area contributed by atoms with E-state index in [1.807, 2.05) is 0 Å². The van der Waals surface area contributed by atoms with Crippen LogP contribution in [0.1, 0.15) is 12.1 Å². The molecule has 0 saturated carbocycles. The lowest BCUT2D eigenvalue weighted by Gasteiger charge is -2.16. The first kappa shape index (κ1) is 13.7. The summed E-state index contributed by atoms with van der Waals surface area (Å²) in [6.07, 6.45) is 0.650. The number of hydrogen-bond donors (Lipinski definition) is 0. The van der Waals surface area contributed by atoms with Crippen molar-refractivity contribution in [2.24, 2.45) is 0 Å². The Morgan fingerprint density at radius 3 is 2.79 bits per heavy atom. The fraction of sp³-hybridized carbons (Fsp3) is 0.214. The lowest BCUT2D eigenvalue weighted by Crippen LogP contribution is -2.15. The van der Waals surface area contributed by atoms with Crippen LogP contribution in [0.2, 0.25) is 5.02 Å². The molecule has 0 spiro atoms. The summed E-state index contributed by atoms with van der Waals surface area (Å²) in [5.74, 6) is -2.50. The zero-order chi connectivity index (χ0) is 14.0. The Kier molecular flexibility index (Phi) is 3.71. The van der Waals surface area contributed by atoms with Gasteiger partial charge in [0.2, 0.25) is 0 Å². The average molecular weight is 284 g/mol. The van der Waals surface area contributed by atoms with Gasteiger partial charge in [0.25, 0.3) is 5.92 Å². The topological polar surface area (TPSA) is 22.1 Å². The number of hydrogen-bond acceptors (Lipinski definition) is 2. The number of pyridine rings is 1. The number of fused-ring (bicyclic) bond motifs is 1. The van der Waals surface area contributed by atoms with E-state index in [9.17, 15) is 8.78 Å². The van der Waals surface area contributed by atoms with Crippen molar-refractivity contribution in [2.45, 2.75) is 12.3 Å². The summed E-state index contributed by atoms with van der Waals surface area (Å²) >= 11 is 5.90. The van der Waals surface area contributed by atoms with Crippen molar-refractivity contribution in [3.8, 4) is 5.75 Å². The summed E-state index contributed by atoms with van der Waals surface area (Å²) in [7, 11) is 1.53. The smallest absolute Gasteiger partial charge is 0.294 e. The van der Waals surface area contributed by atoms with Crippen LogP contribution < -0.4 is 4.74 Å². The van der Waals surface area contributed by atoms with Gasteiger partial charge in [-0.3, -0.25) is 0 Å². The highest BCUT2D eigenvalue weighted by molar-refractivity contribution is 6.32. The maximum atomic E-state index is 13.8. The Morgan fingerprint density at radius 2 is 2.16 bits per heavy atom. The maximum absolute atomic E-state index is 13.8. The first-order chi connectivity index (χ1) is 8.97. The highest BCUT2D eigenvalue weighted by Crippen LogP contribution is 2.37. The Bertz CT molecular complexity index is 628. The average Bonchev–Trinajstić information content (AvgIpc) is 2.36. The second kappa shape index (κ2) is 5.13. The zero-order valence-corrected chi connectivity index (χ0v) is 11.0. The quantitative estimate of drug-likeness (QED) is 0.767. The molecule has 2 nitrogen and oxygen atoms in total. The number of methoxy groups -OCH3 is 1. The molecule has 19 heavy (non-hydrogen) atoms. The van der Waals surface area contributed by atoms with Crippen molar-refractivity contribution in [3.63, 3.8) is 0 Å². The molecule has 0 amide bonds. The van der Waals surface area contributed by atoms with Crippen LogP contribution in [0.15, 0.2) is 36.9 Å². The number of nitrogens with zero attached hydrogens (tertiary/aromatic N) is 1. The molecule has 0 radical (unpaired) electrons. The van der Waals surface area contributed by atoms with E-state index in [1.54, 1.807) is 18.2 Å². The second-order valence-corrected chi connectivity index (χ2v) is 4.48. The molecule has 0 bridgehead atoms. The van der Waals surface area contributed by atoms with Crippen molar-refractivity contribution in [1.82, 2.24) is 4.98 Å². The van der Waals surface area contributed by atoms with Gasteiger partial charge in [-0.25, -0.2) is 4.98 Å². The monoisotopic (exact) mass is 283 g/mol. The largest absolute Gasteiger partial charge is 0.497 e. The molecular weight excluding hydrogens is 272 g/mol. The van der Waals surface area contributed by atoms with Crippen molar-refractivity contribution >= 4 is 22.5 Å². The molecule has 5 heteroatoms. The van der Waals surface area contributed by atoms with E-state index in [4.69, 9.17) is 16.3 Å². The zero-order valence-electron chi connectivity index (χ0n) is 10.3. The third kappa shape index (κ3) is 2.68. The van der Waals surface area contributed by atoms with Crippen LogP contribution in [0, 0.1) is 0 Å². The lowest BCUT2D eigenvalue weighted by molar-refractivity contribution is -0.00496. The Labute approximate surface area is 114 Å². The number of rotatable bonds is 4. The molecule has 0 fully saturated rings. The number of ether oxygens (including phenoxy) is 1. The number of allylic oxidation sites excluding steroid dienone is 1. The standard InChI is InChI=1S/C14H12ClF2NO/c1-3-6-14(16,17)13-11(15)8-9-7-10(19-2)4-5-12(9)18-13/h3-5,7-8H,1,6H2,2H3. The minimum Gasteiger partial charge on any atom is -0.497 e. The van der Waals surface area contributed by atoms with E-state index in [0.717, 1.165) is 6.08 Å². The van der Waals surface area contributed by atoms with E-state index in [1.165, 1.54) is 13.2 Å². The van der Waals surface area contributed by atoms with Gasteiger partial charge >= 0.3 is 0 Å². The van der Waals surface area contributed by atoms with E-state index in [-0.39, 0.29) is 5.02 Å². The normalized spacial score (nSPS) is 11.6. The summed E-state index contributed by atoms with van der Waals surface area (Å²) in [6, 6.07) is 6.46. The molecule has 0 unspecified atom stereocenters. The number of alkyl halides is 2. The van der Waals surface area contributed by atoms with Crippen molar-refractivity contribution < 1.29 is 13.5 Å². The van der Waals surface area contributed by atoms with Crippen LogP contribution in [0.5, 0.6) is 5.75 Å². The fourth-order valence-electron chi connectivity index (χ4n) is 1.79. The van der Waals surface area contributed by atoms with Gasteiger partial charge < -0.3 is 4.74 Å². The van der Waals surface area contributed by atoms with E-state index in [0.29, 0.717) is 16.7 Å². The number of aromatic nitrogens is 1. The minimum absolute atomic E-state index is 0.0624. The van der Waals surface area contributed by atoms with Crippen LogP contribution in [-0.2, 0) is 5.92 Å². The predicted octanol–water partition coefficient (Wildman–Crippen LogP) is 4.56. The lowest BCUT2D eigenvalue weighted by atomic mass is 10.1. The summed E-state index contributed by atoms with van der Waals surface area (Å²) in [6.45, 7) is 3.32. The van der Waals surface area contributed by atoms with E-state index >= 15 is 0 Å². The third-order valence-corrected chi connectivity index (χ3v) is 3.01. The summed E-state index contributed by atoms with van der Waals surface area (Å²) < 4.78 is 32.8. The van der Waals surface area contributed by atoms with Crippen LogP contribution in [0.3, 0.4) is 0 Å². The van der Waals surface area contributed by atoms with Gasteiger partial charge in [-0.05, 0) is 24.3 Å². The molecule has 0 N–H and O–H groups in total. The maximum Gasteiger partial charge on any atom is 0.294 e. The highest BCUT2D eigenvalue weighted by Gasteiger charge is 2.34. The third-order valence-electron chi connectivity index (χ3n) is 2.72. The molecule has 100 valence electrons. The molecule has 1 aromatic heterocycles. The van der Waals surface area contributed by atoms with Gasteiger partial charge in [-0.2, -0.15) is 8.78 Å². The highest BCUT2D eigenvalue weighted by atomic mass is 35.5. The fourth-order valence-corrected chi connectivity index (χ4v) is 2.09. The van der Waals surface area contributed by atoms with Gasteiger partial charge in [-0.15, -0.1) is 6.58 Å². The second-order valence-electron chi connectivity index (χ2n) is 4.07. The predicted molar refractivity (Wildman–Crippen MR) is 72.0 cm³/mol. The first-order valence-electron chi connectivity index (χ1n) is 5.61. The molecule has 0 aliphatic carbocycles. The Morgan fingerprint density at radius 1 is 1.42 bits per heavy atom. The first-order valence-corrected chi connectivity index (χ1v) is 5.99. The Hall–Kier alpha value is -1.68. The van der Waals surface area contributed by atoms with Crippen molar-refractivity contribution in [1.29, 1.82) is 0 Å². The van der Waals surface area contributed by atoms with Crippen molar-refractivity contribution in [3.05, 3.63) is 47.6 Å². The molecule has 0 aliphatic heterocycles. The SMILES string of the molecule is C=CCC(F)(F)c1nc2ccc(OC)cc2cc1Cl.